The summed E-state index contributed by atoms with van der Waals surface area (Å²) in [6, 6.07) is 28.3. The van der Waals surface area contributed by atoms with Crippen LogP contribution in [0, 0.1) is 41.5 Å². The van der Waals surface area contributed by atoms with E-state index >= 15 is 0 Å². The van der Waals surface area contributed by atoms with E-state index in [2.05, 4.69) is 130 Å². The fraction of sp³-hybridized carbons (Fsp3) is 0.154. The summed E-state index contributed by atoms with van der Waals surface area (Å²) < 4.78 is 8.62. The number of hydrogen-bond donors (Lipinski definition) is 1. The average Bonchev–Trinajstić information content (AvgIpc) is 3.61. The van der Waals surface area contributed by atoms with Crippen molar-refractivity contribution in [2.45, 2.75) is 41.5 Å². The molecular formula is C39H35N3O. The Hall–Kier alpha value is -5.09. The molecule has 0 spiro atoms. The summed E-state index contributed by atoms with van der Waals surface area (Å²) in [7, 11) is 0. The number of nitrogens with one attached hydrogen (secondary N) is 1. The minimum absolute atomic E-state index is 0.780. The van der Waals surface area contributed by atoms with E-state index in [0.29, 0.717) is 0 Å². The van der Waals surface area contributed by atoms with Crippen LogP contribution in [0.2, 0.25) is 0 Å². The standard InChI is InChI=1S/C39H35N3O/c1-23-14-25(3)37(26(4)15-23)29-18-30(42-13-12-40-22-42)20-32(19-29)43-31-10-11-33-34-8-7-9-35(39(34)41-36(33)21-31)38-27(5)16-24(2)17-28(38)6/h7-22,41H,1-6H3. The quantitative estimate of drug-likeness (QED) is 0.227. The fourth-order valence-corrected chi connectivity index (χ4v) is 6.90. The molecule has 43 heavy (non-hydrogen) atoms. The van der Waals surface area contributed by atoms with E-state index in [4.69, 9.17) is 4.74 Å². The molecular weight excluding hydrogens is 526 g/mol. The van der Waals surface area contributed by atoms with E-state index in [-0.39, 0.29) is 0 Å². The molecule has 0 amide bonds. The molecule has 2 aromatic heterocycles. The number of para-hydroxylation sites is 1. The Morgan fingerprint density at radius 1 is 0.651 bits per heavy atom. The fourth-order valence-electron chi connectivity index (χ4n) is 6.90. The number of fused-ring (bicyclic) bond motifs is 3. The van der Waals surface area contributed by atoms with E-state index in [1.807, 2.05) is 17.1 Å². The van der Waals surface area contributed by atoms with Gasteiger partial charge in [0.2, 0.25) is 0 Å². The van der Waals surface area contributed by atoms with Crippen molar-refractivity contribution in [2.24, 2.45) is 0 Å². The molecule has 5 aromatic carbocycles. The molecule has 0 bridgehead atoms. The van der Waals surface area contributed by atoms with Crippen LogP contribution in [-0.4, -0.2) is 14.5 Å². The first-order chi connectivity index (χ1) is 20.7. The van der Waals surface area contributed by atoms with Gasteiger partial charge in [-0.15, -0.1) is 0 Å². The normalized spacial score (nSPS) is 11.5. The summed E-state index contributed by atoms with van der Waals surface area (Å²) in [4.78, 5) is 8.02. The first kappa shape index (κ1) is 26.8. The SMILES string of the molecule is Cc1cc(C)c(-c2cc(Oc3ccc4c(c3)[nH]c3c(-c5c(C)cc(C)cc5C)cccc34)cc(-n3ccnc3)c2)c(C)c1. The molecule has 4 heteroatoms. The molecule has 2 heterocycles. The number of aryl methyl sites for hydroxylation is 6. The minimum Gasteiger partial charge on any atom is -0.457 e. The zero-order chi connectivity index (χ0) is 29.8. The van der Waals surface area contributed by atoms with Gasteiger partial charge in [0.15, 0.2) is 0 Å². The number of rotatable bonds is 5. The van der Waals surface area contributed by atoms with Crippen molar-refractivity contribution in [1.82, 2.24) is 14.5 Å². The number of nitrogens with zero attached hydrogens (tertiary/aromatic N) is 2. The predicted molar refractivity (Wildman–Crippen MR) is 179 cm³/mol. The topological polar surface area (TPSA) is 42.8 Å². The Balaban J connectivity index is 1.33. The maximum absolute atomic E-state index is 6.60. The van der Waals surface area contributed by atoms with Crippen molar-refractivity contribution in [3.63, 3.8) is 0 Å². The lowest BCUT2D eigenvalue weighted by Gasteiger charge is -2.16. The van der Waals surface area contributed by atoms with Gasteiger partial charge in [0.05, 0.1) is 23.0 Å². The van der Waals surface area contributed by atoms with Crippen molar-refractivity contribution in [1.29, 1.82) is 0 Å². The molecule has 0 radical (unpaired) electrons. The second-order valence-corrected chi connectivity index (χ2v) is 11.9. The highest BCUT2D eigenvalue weighted by Crippen LogP contribution is 2.39. The molecule has 0 unspecified atom stereocenters. The predicted octanol–water partition coefficient (Wildman–Crippen LogP) is 10.5. The Bertz CT molecular complexity index is 2120. The van der Waals surface area contributed by atoms with Gasteiger partial charge < -0.3 is 14.3 Å². The molecule has 212 valence electrons. The highest BCUT2D eigenvalue weighted by Gasteiger charge is 2.15. The summed E-state index contributed by atoms with van der Waals surface area (Å²) in [5.41, 5.74) is 15.7. The van der Waals surface area contributed by atoms with Crippen LogP contribution in [0.1, 0.15) is 33.4 Å². The zero-order valence-electron chi connectivity index (χ0n) is 25.5. The van der Waals surface area contributed by atoms with Gasteiger partial charge in [-0.3, -0.25) is 0 Å². The van der Waals surface area contributed by atoms with Crippen molar-refractivity contribution < 1.29 is 4.74 Å². The van der Waals surface area contributed by atoms with Crippen molar-refractivity contribution in [3.8, 4) is 39.4 Å². The van der Waals surface area contributed by atoms with Gasteiger partial charge in [-0.05, 0) is 105 Å². The number of hydrogen-bond acceptors (Lipinski definition) is 2. The lowest BCUT2D eigenvalue weighted by molar-refractivity contribution is 0.483. The highest BCUT2D eigenvalue weighted by atomic mass is 16.5. The highest BCUT2D eigenvalue weighted by molar-refractivity contribution is 6.12. The third-order valence-electron chi connectivity index (χ3n) is 8.45. The largest absolute Gasteiger partial charge is 0.457 e. The number of H-pyrrole nitrogens is 1. The lowest BCUT2D eigenvalue weighted by Crippen LogP contribution is -1.96. The van der Waals surface area contributed by atoms with Crippen LogP contribution in [0.15, 0.2) is 97.6 Å². The van der Waals surface area contributed by atoms with Gasteiger partial charge in [-0.2, -0.15) is 0 Å². The van der Waals surface area contributed by atoms with Crippen LogP contribution >= 0.6 is 0 Å². The molecule has 0 fully saturated rings. The first-order valence-corrected chi connectivity index (χ1v) is 14.8. The molecule has 4 nitrogen and oxygen atoms in total. The van der Waals surface area contributed by atoms with Gasteiger partial charge in [-0.25, -0.2) is 4.98 Å². The number of aromatic nitrogens is 3. The number of benzene rings is 5. The molecule has 0 saturated carbocycles. The maximum atomic E-state index is 6.60. The third-order valence-corrected chi connectivity index (χ3v) is 8.45. The Morgan fingerprint density at radius 2 is 1.35 bits per heavy atom. The van der Waals surface area contributed by atoms with Crippen molar-refractivity contribution in [3.05, 3.63) is 131 Å². The summed E-state index contributed by atoms with van der Waals surface area (Å²) >= 11 is 0. The van der Waals surface area contributed by atoms with E-state index < -0.39 is 0 Å². The van der Waals surface area contributed by atoms with Gasteiger partial charge in [-0.1, -0.05) is 53.6 Å². The monoisotopic (exact) mass is 561 g/mol. The number of aromatic amines is 1. The van der Waals surface area contributed by atoms with Crippen LogP contribution in [0.3, 0.4) is 0 Å². The molecule has 7 rings (SSSR count). The Morgan fingerprint density at radius 3 is 2.02 bits per heavy atom. The second kappa shape index (κ2) is 10.3. The van der Waals surface area contributed by atoms with Crippen molar-refractivity contribution in [2.75, 3.05) is 0 Å². The summed E-state index contributed by atoms with van der Waals surface area (Å²) in [5.74, 6) is 1.57. The molecule has 7 aromatic rings. The van der Waals surface area contributed by atoms with E-state index in [0.717, 1.165) is 33.8 Å². The second-order valence-electron chi connectivity index (χ2n) is 11.9. The minimum atomic E-state index is 0.780. The number of ether oxygens (including phenoxy) is 1. The Kier molecular flexibility index (Phi) is 6.43. The first-order valence-electron chi connectivity index (χ1n) is 14.8. The third kappa shape index (κ3) is 4.79. The van der Waals surface area contributed by atoms with Gasteiger partial charge >= 0.3 is 0 Å². The zero-order valence-corrected chi connectivity index (χ0v) is 25.5. The lowest BCUT2D eigenvalue weighted by atomic mass is 9.92. The number of imidazole rings is 1. The van der Waals surface area contributed by atoms with E-state index in [1.54, 1.807) is 6.20 Å². The summed E-state index contributed by atoms with van der Waals surface area (Å²) in [6.07, 6.45) is 5.58. The van der Waals surface area contributed by atoms with Crippen LogP contribution in [0.4, 0.5) is 0 Å². The van der Waals surface area contributed by atoms with E-state index in [1.165, 1.54) is 60.8 Å². The molecule has 0 aliphatic heterocycles. The summed E-state index contributed by atoms with van der Waals surface area (Å²) in [5, 5.41) is 2.40. The average molecular weight is 562 g/mol. The smallest absolute Gasteiger partial charge is 0.130 e. The van der Waals surface area contributed by atoms with Crippen LogP contribution in [0.25, 0.3) is 49.7 Å². The summed E-state index contributed by atoms with van der Waals surface area (Å²) in [6.45, 7) is 13.1. The molecule has 1 N–H and O–H groups in total. The molecule has 0 aliphatic rings. The van der Waals surface area contributed by atoms with Crippen molar-refractivity contribution >= 4 is 21.8 Å². The van der Waals surface area contributed by atoms with Crippen LogP contribution < -0.4 is 4.74 Å². The Labute approximate surface area is 252 Å². The van der Waals surface area contributed by atoms with Gasteiger partial charge in [0, 0.05) is 40.9 Å². The van der Waals surface area contributed by atoms with E-state index in [9.17, 15) is 0 Å². The molecule has 0 atom stereocenters. The van der Waals surface area contributed by atoms with Crippen LogP contribution in [-0.2, 0) is 0 Å². The van der Waals surface area contributed by atoms with Gasteiger partial charge in [0.25, 0.3) is 0 Å². The molecule has 0 saturated heterocycles. The molecule has 0 aliphatic carbocycles. The maximum Gasteiger partial charge on any atom is 0.130 e. The van der Waals surface area contributed by atoms with Crippen LogP contribution in [0.5, 0.6) is 11.5 Å². The van der Waals surface area contributed by atoms with Gasteiger partial charge in [0.1, 0.15) is 11.5 Å².